The molecule has 0 saturated heterocycles. The van der Waals surface area contributed by atoms with Crippen molar-refractivity contribution in [1.82, 2.24) is 0 Å². The number of benzene rings is 2. The van der Waals surface area contributed by atoms with E-state index in [4.69, 9.17) is 28.9 Å². The van der Waals surface area contributed by atoms with Gasteiger partial charge in [0, 0.05) is 15.7 Å². The van der Waals surface area contributed by atoms with Crippen LogP contribution in [0.15, 0.2) is 47.4 Å². The molecule has 0 radical (unpaired) electrons. The van der Waals surface area contributed by atoms with Gasteiger partial charge in [0.25, 0.3) is 0 Å². The zero-order valence-corrected chi connectivity index (χ0v) is 12.1. The van der Waals surface area contributed by atoms with Gasteiger partial charge >= 0.3 is 0 Å². The van der Waals surface area contributed by atoms with Crippen LogP contribution < -0.4 is 5.73 Å². The zero-order chi connectivity index (χ0) is 14.0. The second-order valence-corrected chi connectivity index (χ2v) is 6.90. The molecule has 19 heavy (non-hydrogen) atoms. The fourth-order valence-electron chi connectivity index (χ4n) is 1.65. The van der Waals surface area contributed by atoms with Crippen molar-refractivity contribution < 1.29 is 8.42 Å². The molecule has 0 fully saturated rings. The number of nitrogen functional groups attached to an aromatic ring is 1. The highest BCUT2D eigenvalue weighted by Gasteiger charge is 2.17. The molecule has 2 rings (SSSR count). The van der Waals surface area contributed by atoms with E-state index in [0.717, 1.165) is 0 Å². The van der Waals surface area contributed by atoms with Gasteiger partial charge in [-0.05, 0) is 42.0 Å². The lowest BCUT2D eigenvalue weighted by Gasteiger charge is -2.07. The van der Waals surface area contributed by atoms with Crippen molar-refractivity contribution in [3.05, 3.63) is 58.1 Å². The van der Waals surface area contributed by atoms with Crippen molar-refractivity contribution in [2.24, 2.45) is 0 Å². The normalized spacial score (nSPS) is 11.5. The Kier molecular flexibility index (Phi) is 4.04. The molecule has 0 spiro atoms. The number of rotatable bonds is 3. The summed E-state index contributed by atoms with van der Waals surface area (Å²) in [6, 6.07) is 10.9. The van der Waals surface area contributed by atoms with Crippen LogP contribution in [0.5, 0.6) is 0 Å². The molecule has 0 saturated carbocycles. The summed E-state index contributed by atoms with van der Waals surface area (Å²) >= 11 is 11.8. The molecule has 3 nitrogen and oxygen atoms in total. The molecule has 0 heterocycles. The first kappa shape index (κ1) is 14.2. The number of anilines is 1. The van der Waals surface area contributed by atoms with Crippen LogP contribution >= 0.6 is 23.2 Å². The third-order valence-electron chi connectivity index (χ3n) is 2.57. The molecule has 100 valence electrons. The first-order valence-corrected chi connectivity index (χ1v) is 7.81. The van der Waals surface area contributed by atoms with E-state index in [9.17, 15) is 8.42 Å². The number of nitrogens with two attached hydrogens (primary N) is 1. The van der Waals surface area contributed by atoms with Gasteiger partial charge < -0.3 is 5.73 Å². The lowest BCUT2D eigenvalue weighted by Crippen LogP contribution is -2.06. The lowest BCUT2D eigenvalue weighted by molar-refractivity contribution is 0.595. The van der Waals surface area contributed by atoms with Gasteiger partial charge in [0.1, 0.15) is 0 Å². The van der Waals surface area contributed by atoms with Gasteiger partial charge in [0.15, 0.2) is 9.84 Å². The van der Waals surface area contributed by atoms with Gasteiger partial charge in [0.05, 0.1) is 10.6 Å². The second-order valence-electron chi connectivity index (χ2n) is 4.07. The van der Waals surface area contributed by atoms with Crippen LogP contribution in [0, 0.1) is 0 Å². The highest BCUT2D eigenvalue weighted by molar-refractivity contribution is 7.90. The summed E-state index contributed by atoms with van der Waals surface area (Å²) in [4.78, 5) is 0.165. The maximum Gasteiger partial charge on any atom is 0.182 e. The van der Waals surface area contributed by atoms with Gasteiger partial charge in [-0.15, -0.1) is 0 Å². The fraction of sp³-hybridized carbons (Fsp3) is 0.0769. The highest BCUT2D eigenvalue weighted by Crippen LogP contribution is 2.25. The van der Waals surface area contributed by atoms with Crippen molar-refractivity contribution in [1.29, 1.82) is 0 Å². The fourth-order valence-corrected chi connectivity index (χ4v) is 3.58. The lowest BCUT2D eigenvalue weighted by atomic mass is 10.2. The smallest absolute Gasteiger partial charge is 0.182 e. The Balaban J connectivity index is 2.39. The van der Waals surface area contributed by atoms with E-state index < -0.39 is 9.84 Å². The molecule has 0 aliphatic rings. The molecular formula is C13H11Cl2NO2S. The van der Waals surface area contributed by atoms with Gasteiger partial charge in [-0.1, -0.05) is 29.3 Å². The molecule has 2 N–H and O–H groups in total. The maximum atomic E-state index is 12.3. The Morgan fingerprint density at radius 3 is 2.47 bits per heavy atom. The first-order valence-electron chi connectivity index (χ1n) is 5.41. The van der Waals surface area contributed by atoms with E-state index in [2.05, 4.69) is 0 Å². The third-order valence-corrected chi connectivity index (χ3v) is 4.84. The van der Waals surface area contributed by atoms with Gasteiger partial charge in [-0.25, -0.2) is 8.42 Å². The molecule has 6 heteroatoms. The van der Waals surface area contributed by atoms with Crippen LogP contribution in [-0.4, -0.2) is 8.42 Å². The van der Waals surface area contributed by atoms with Crippen LogP contribution in [0.4, 0.5) is 5.69 Å². The van der Waals surface area contributed by atoms with Crippen molar-refractivity contribution >= 4 is 38.7 Å². The first-order chi connectivity index (χ1) is 8.88. The highest BCUT2D eigenvalue weighted by atomic mass is 35.5. The molecule has 0 atom stereocenters. The zero-order valence-electron chi connectivity index (χ0n) is 9.81. The molecular weight excluding hydrogens is 305 g/mol. The van der Waals surface area contributed by atoms with E-state index >= 15 is 0 Å². The van der Waals surface area contributed by atoms with Crippen molar-refractivity contribution in [3.63, 3.8) is 0 Å². The molecule has 2 aromatic carbocycles. The molecule has 0 unspecified atom stereocenters. The minimum Gasteiger partial charge on any atom is -0.399 e. The summed E-state index contributed by atoms with van der Waals surface area (Å²) < 4.78 is 24.5. The molecule has 0 aromatic heterocycles. The SMILES string of the molecule is Nc1ccc(Cl)c(CS(=O)(=O)c2cccc(Cl)c2)c1. The summed E-state index contributed by atoms with van der Waals surface area (Å²) in [6.45, 7) is 0. The van der Waals surface area contributed by atoms with Crippen LogP contribution in [-0.2, 0) is 15.6 Å². The predicted molar refractivity (Wildman–Crippen MR) is 78.2 cm³/mol. The Bertz CT molecular complexity index is 714. The van der Waals surface area contributed by atoms with E-state index in [1.807, 2.05) is 0 Å². The van der Waals surface area contributed by atoms with E-state index in [-0.39, 0.29) is 10.6 Å². The number of hydrogen-bond donors (Lipinski definition) is 1. The van der Waals surface area contributed by atoms with Crippen molar-refractivity contribution in [2.45, 2.75) is 10.6 Å². The number of sulfone groups is 1. The summed E-state index contributed by atoms with van der Waals surface area (Å²) in [7, 11) is -3.50. The third kappa shape index (κ3) is 3.41. The summed E-state index contributed by atoms with van der Waals surface area (Å²) in [6.07, 6.45) is 0. The van der Waals surface area contributed by atoms with E-state index in [1.54, 1.807) is 30.3 Å². The standard InChI is InChI=1S/C13H11Cl2NO2S/c14-10-2-1-3-12(7-10)19(17,18)8-9-6-11(16)4-5-13(9)15/h1-7H,8,16H2. The predicted octanol–water partition coefficient (Wildman–Crippen LogP) is 3.55. The summed E-state index contributed by atoms with van der Waals surface area (Å²) in [5.41, 5.74) is 6.58. The number of halogens is 2. The molecule has 0 amide bonds. The van der Waals surface area contributed by atoms with Crippen LogP contribution in [0.25, 0.3) is 0 Å². The van der Waals surface area contributed by atoms with Gasteiger partial charge in [-0.3, -0.25) is 0 Å². The maximum absolute atomic E-state index is 12.3. The van der Waals surface area contributed by atoms with Crippen molar-refractivity contribution in [2.75, 3.05) is 5.73 Å². The molecule has 0 aliphatic carbocycles. The van der Waals surface area contributed by atoms with Gasteiger partial charge in [-0.2, -0.15) is 0 Å². The Labute approximate surface area is 121 Å². The average molecular weight is 316 g/mol. The van der Waals surface area contributed by atoms with Crippen LogP contribution in [0.2, 0.25) is 10.0 Å². The van der Waals surface area contributed by atoms with Crippen LogP contribution in [0.3, 0.4) is 0 Å². The quantitative estimate of drug-likeness (QED) is 0.881. The van der Waals surface area contributed by atoms with E-state index in [0.29, 0.717) is 21.3 Å². The second kappa shape index (κ2) is 5.41. The molecule has 2 aromatic rings. The Morgan fingerprint density at radius 2 is 1.79 bits per heavy atom. The minimum atomic E-state index is -3.50. The topological polar surface area (TPSA) is 60.2 Å². The monoisotopic (exact) mass is 315 g/mol. The van der Waals surface area contributed by atoms with Crippen LogP contribution in [0.1, 0.15) is 5.56 Å². The molecule has 0 aliphatic heterocycles. The minimum absolute atomic E-state index is 0.165. The number of hydrogen-bond acceptors (Lipinski definition) is 3. The Morgan fingerprint density at radius 1 is 1.05 bits per heavy atom. The Hall–Kier alpha value is -1.23. The summed E-state index contributed by atoms with van der Waals surface area (Å²) in [5.74, 6) is -0.211. The van der Waals surface area contributed by atoms with Gasteiger partial charge in [0.2, 0.25) is 0 Å². The van der Waals surface area contributed by atoms with Crippen molar-refractivity contribution in [3.8, 4) is 0 Å². The average Bonchev–Trinajstić information content (AvgIpc) is 2.33. The largest absolute Gasteiger partial charge is 0.399 e. The van der Waals surface area contributed by atoms with E-state index in [1.165, 1.54) is 12.1 Å². The molecule has 0 bridgehead atoms. The summed E-state index contributed by atoms with van der Waals surface area (Å²) in [5, 5.41) is 0.750.